The zero-order valence-electron chi connectivity index (χ0n) is 7.93. The van der Waals surface area contributed by atoms with Gasteiger partial charge >= 0.3 is 5.97 Å². The molecule has 4 N–H and O–H groups in total. The van der Waals surface area contributed by atoms with Crippen LogP contribution < -0.4 is 11.1 Å². The average Bonchev–Trinajstić information content (AvgIpc) is 2.25. The summed E-state index contributed by atoms with van der Waals surface area (Å²) in [7, 11) is 0. The molecule has 1 rings (SSSR count). The number of nitrogens with one attached hydrogen (secondary N) is 1. The van der Waals surface area contributed by atoms with Crippen LogP contribution in [0, 0.1) is 0 Å². The van der Waals surface area contributed by atoms with Crippen LogP contribution in [-0.2, 0) is 0 Å². The quantitative estimate of drug-likeness (QED) is 0.618. The minimum absolute atomic E-state index is 0.0987. The van der Waals surface area contributed by atoms with Gasteiger partial charge in [-0.25, -0.2) is 4.79 Å². The van der Waals surface area contributed by atoms with Gasteiger partial charge in [-0.2, -0.15) is 0 Å². The maximum Gasteiger partial charge on any atom is 0.338 e. The molecule has 0 saturated carbocycles. The molecule has 15 heavy (non-hydrogen) atoms. The van der Waals surface area contributed by atoms with Crippen molar-refractivity contribution in [2.24, 2.45) is 5.73 Å². The van der Waals surface area contributed by atoms with Gasteiger partial charge in [0.15, 0.2) is 0 Å². The number of carbonyl (C=O) groups is 2. The van der Waals surface area contributed by atoms with Crippen molar-refractivity contribution in [1.29, 1.82) is 0 Å². The van der Waals surface area contributed by atoms with Gasteiger partial charge in [0.05, 0.1) is 5.56 Å². The van der Waals surface area contributed by atoms with E-state index in [4.69, 9.17) is 10.8 Å². The average molecular weight is 209 g/mol. The van der Waals surface area contributed by atoms with Crippen LogP contribution in [0.4, 0.5) is 0 Å². The molecule has 80 valence electrons. The minimum Gasteiger partial charge on any atom is -0.478 e. The molecule has 0 aliphatic carbocycles. The Morgan fingerprint density at radius 3 is 2.87 bits per heavy atom. The minimum atomic E-state index is -1.18. The highest BCUT2D eigenvalue weighted by molar-refractivity contribution is 6.03. The molecule has 0 aliphatic heterocycles. The standard InChI is InChI=1S/C9H11N3O3/c10-3-5-12-8(13)7-6(9(14)15)2-1-4-11-7/h1-2,4H,3,5,10H2,(H,12,13)(H,14,15). The number of amides is 1. The summed E-state index contributed by atoms with van der Waals surface area (Å²) in [6, 6.07) is 2.79. The molecule has 0 unspecified atom stereocenters. The second kappa shape index (κ2) is 5.06. The summed E-state index contributed by atoms with van der Waals surface area (Å²) in [6.07, 6.45) is 1.36. The van der Waals surface area contributed by atoms with Gasteiger partial charge in [0.25, 0.3) is 5.91 Å². The molecule has 1 aromatic heterocycles. The third-order valence-corrected chi connectivity index (χ3v) is 1.68. The maximum absolute atomic E-state index is 11.4. The summed E-state index contributed by atoms with van der Waals surface area (Å²) in [5.41, 5.74) is 4.98. The summed E-state index contributed by atoms with van der Waals surface area (Å²) in [6.45, 7) is 0.579. The Balaban J connectivity index is 2.92. The van der Waals surface area contributed by atoms with Crippen LogP contribution >= 0.6 is 0 Å². The van der Waals surface area contributed by atoms with E-state index in [-0.39, 0.29) is 17.8 Å². The smallest absolute Gasteiger partial charge is 0.338 e. The highest BCUT2D eigenvalue weighted by atomic mass is 16.4. The first-order valence-electron chi connectivity index (χ1n) is 4.33. The van der Waals surface area contributed by atoms with Crippen LogP contribution in [0.3, 0.4) is 0 Å². The monoisotopic (exact) mass is 209 g/mol. The number of carboxylic acid groups (broad SMARTS) is 1. The first-order valence-corrected chi connectivity index (χ1v) is 4.33. The lowest BCUT2D eigenvalue weighted by Gasteiger charge is -2.04. The highest BCUT2D eigenvalue weighted by Crippen LogP contribution is 2.04. The molecule has 0 aliphatic rings. The number of carbonyl (C=O) groups excluding carboxylic acids is 1. The van der Waals surface area contributed by atoms with Crippen LogP contribution in [0.15, 0.2) is 18.3 Å². The number of pyridine rings is 1. The zero-order chi connectivity index (χ0) is 11.3. The van der Waals surface area contributed by atoms with Crippen molar-refractivity contribution in [3.05, 3.63) is 29.6 Å². The summed E-state index contributed by atoms with van der Waals surface area (Å²) in [5, 5.41) is 11.2. The van der Waals surface area contributed by atoms with Crippen molar-refractivity contribution in [3.63, 3.8) is 0 Å². The summed E-state index contributed by atoms with van der Waals surface area (Å²) in [5.74, 6) is -1.71. The lowest BCUT2D eigenvalue weighted by molar-refractivity contribution is 0.0690. The lowest BCUT2D eigenvalue weighted by atomic mass is 10.2. The lowest BCUT2D eigenvalue weighted by Crippen LogP contribution is -2.30. The largest absolute Gasteiger partial charge is 0.478 e. The Morgan fingerprint density at radius 1 is 1.53 bits per heavy atom. The third kappa shape index (κ3) is 2.75. The molecular weight excluding hydrogens is 198 g/mol. The number of rotatable bonds is 4. The fourth-order valence-electron chi connectivity index (χ4n) is 1.03. The van der Waals surface area contributed by atoms with Crippen molar-refractivity contribution < 1.29 is 14.7 Å². The molecule has 0 radical (unpaired) electrons. The molecular formula is C9H11N3O3. The molecule has 1 heterocycles. The van der Waals surface area contributed by atoms with E-state index in [9.17, 15) is 9.59 Å². The fraction of sp³-hybridized carbons (Fsp3) is 0.222. The van der Waals surface area contributed by atoms with Crippen LogP contribution in [0.25, 0.3) is 0 Å². The fourth-order valence-corrected chi connectivity index (χ4v) is 1.03. The first kappa shape index (κ1) is 11.1. The van der Waals surface area contributed by atoms with Gasteiger partial charge in [0, 0.05) is 19.3 Å². The molecule has 0 aromatic carbocycles. The number of hydrogen-bond acceptors (Lipinski definition) is 4. The van der Waals surface area contributed by atoms with Crippen molar-refractivity contribution in [2.45, 2.75) is 0 Å². The van der Waals surface area contributed by atoms with Crippen LogP contribution in [0.5, 0.6) is 0 Å². The van der Waals surface area contributed by atoms with Gasteiger partial charge in [-0.1, -0.05) is 0 Å². The summed E-state index contributed by atoms with van der Waals surface area (Å²) < 4.78 is 0. The zero-order valence-corrected chi connectivity index (χ0v) is 7.93. The Labute approximate surface area is 86.1 Å². The van der Waals surface area contributed by atoms with E-state index in [1.165, 1.54) is 18.3 Å². The number of nitrogens with two attached hydrogens (primary N) is 1. The van der Waals surface area contributed by atoms with E-state index in [0.717, 1.165) is 0 Å². The molecule has 1 amide bonds. The molecule has 0 bridgehead atoms. The third-order valence-electron chi connectivity index (χ3n) is 1.68. The second-order valence-corrected chi connectivity index (χ2v) is 2.75. The number of nitrogens with zero attached hydrogens (tertiary/aromatic N) is 1. The molecule has 6 heteroatoms. The van der Waals surface area contributed by atoms with Gasteiger partial charge in [-0.15, -0.1) is 0 Å². The SMILES string of the molecule is NCCNC(=O)c1ncccc1C(=O)O. The maximum atomic E-state index is 11.4. The van der Waals surface area contributed by atoms with Crippen molar-refractivity contribution >= 4 is 11.9 Å². The first-order chi connectivity index (χ1) is 7.16. The Kier molecular flexibility index (Phi) is 3.75. The predicted octanol–water partition coefficient (Wildman–Crippen LogP) is -0.532. The molecule has 1 aromatic rings. The molecule has 0 atom stereocenters. The van der Waals surface area contributed by atoms with Crippen LogP contribution in [0.2, 0.25) is 0 Å². The topological polar surface area (TPSA) is 105 Å². The predicted molar refractivity (Wildman–Crippen MR) is 52.6 cm³/mol. The van der Waals surface area contributed by atoms with Gasteiger partial charge in [0.1, 0.15) is 5.69 Å². The molecule has 0 fully saturated rings. The molecule has 6 nitrogen and oxygen atoms in total. The van der Waals surface area contributed by atoms with Crippen molar-refractivity contribution in [3.8, 4) is 0 Å². The van der Waals surface area contributed by atoms with Crippen LogP contribution in [0.1, 0.15) is 20.8 Å². The number of aromatic nitrogens is 1. The van der Waals surface area contributed by atoms with Gasteiger partial charge in [-0.05, 0) is 12.1 Å². The normalized spacial score (nSPS) is 9.67. The van der Waals surface area contributed by atoms with Gasteiger partial charge in [0.2, 0.25) is 0 Å². The van der Waals surface area contributed by atoms with E-state index < -0.39 is 11.9 Å². The van der Waals surface area contributed by atoms with E-state index in [1.54, 1.807) is 0 Å². The molecule has 0 saturated heterocycles. The summed E-state index contributed by atoms with van der Waals surface area (Å²) >= 11 is 0. The van der Waals surface area contributed by atoms with E-state index in [2.05, 4.69) is 10.3 Å². The number of aromatic carboxylic acids is 1. The Hall–Kier alpha value is -1.95. The second-order valence-electron chi connectivity index (χ2n) is 2.75. The van der Waals surface area contributed by atoms with E-state index in [0.29, 0.717) is 6.54 Å². The Morgan fingerprint density at radius 2 is 2.27 bits per heavy atom. The van der Waals surface area contributed by atoms with Crippen molar-refractivity contribution in [2.75, 3.05) is 13.1 Å². The van der Waals surface area contributed by atoms with Gasteiger partial charge in [-0.3, -0.25) is 9.78 Å². The van der Waals surface area contributed by atoms with Crippen molar-refractivity contribution in [1.82, 2.24) is 10.3 Å². The number of carboxylic acids is 1. The van der Waals surface area contributed by atoms with Gasteiger partial charge < -0.3 is 16.2 Å². The highest BCUT2D eigenvalue weighted by Gasteiger charge is 2.16. The Bertz CT molecular complexity index is 379. The van der Waals surface area contributed by atoms with Crippen LogP contribution in [-0.4, -0.2) is 35.1 Å². The summed E-state index contributed by atoms with van der Waals surface area (Å²) in [4.78, 5) is 25.9. The number of hydrogen-bond donors (Lipinski definition) is 3. The van der Waals surface area contributed by atoms with E-state index in [1.807, 2.05) is 0 Å². The van der Waals surface area contributed by atoms with E-state index >= 15 is 0 Å². The molecule has 0 spiro atoms.